The van der Waals surface area contributed by atoms with Crippen molar-refractivity contribution in [2.45, 2.75) is 32.7 Å². The standard InChI is InChI=1S/C21H22FN7O/c1-13-17(14(2)29-21(26-13)24-12-25-29)8-9-18(30)27-19(20-23-10-11-28(20)3)15-4-6-16(22)7-5-15/h4-7,10-12,19H,8-9H2,1-3H3,(H,27,30). The lowest BCUT2D eigenvalue weighted by molar-refractivity contribution is -0.121. The van der Waals surface area contributed by atoms with Gasteiger partial charge in [-0.1, -0.05) is 12.1 Å². The zero-order valence-corrected chi connectivity index (χ0v) is 17.0. The van der Waals surface area contributed by atoms with Crippen molar-refractivity contribution in [1.82, 2.24) is 34.4 Å². The number of fused-ring (bicyclic) bond motifs is 1. The van der Waals surface area contributed by atoms with Crippen LogP contribution in [0.3, 0.4) is 0 Å². The highest BCUT2D eigenvalue weighted by Crippen LogP contribution is 2.22. The minimum Gasteiger partial charge on any atom is -0.342 e. The van der Waals surface area contributed by atoms with Crippen LogP contribution in [0.15, 0.2) is 43.0 Å². The minimum absolute atomic E-state index is 0.134. The van der Waals surface area contributed by atoms with Gasteiger partial charge in [-0.3, -0.25) is 4.79 Å². The van der Waals surface area contributed by atoms with Crippen molar-refractivity contribution in [3.05, 3.63) is 77.1 Å². The van der Waals surface area contributed by atoms with E-state index in [1.54, 1.807) is 22.8 Å². The van der Waals surface area contributed by atoms with Gasteiger partial charge >= 0.3 is 0 Å². The van der Waals surface area contributed by atoms with Crippen molar-refractivity contribution in [2.24, 2.45) is 7.05 Å². The number of halogens is 1. The summed E-state index contributed by atoms with van der Waals surface area (Å²) in [6, 6.07) is 5.60. The lowest BCUT2D eigenvalue weighted by Gasteiger charge is -2.19. The van der Waals surface area contributed by atoms with Gasteiger partial charge in [-0.15, -0.1) is 0 Å². The molecule has 1 amide bonds. The van der Waals surface area contributed by atoms with Gasteiger partial charge in [0, 0.05) is 37.3 Å². The lowest BCUT2D eigenvalue weighted by atomic mass is 10.0. The summed E-state index contributed by atoms with van der Waals surface area (Å²) in [5.41, 5.74) is 3.48. The van der Waals surface area contributed by atoms with Gasteiger partial charge in [0.1, 0.15) is 24.0 Å². The van der Waals surface area contributed by atoms with Crippen LogP contribution in [0, 0.1) is 19.7 Å². The molecule has 9 heteroatoms. The van der Waals surface area contributed by atoms with Crippen LogP contribution in [0.2, 0.25) is 0 Å². The van der Waals surface area contributed by atoms with Crippen molar-refractivity contribution in [3.63, 3.8) is 0 Å². The number of carbonyl (C=O) groups is 1. The number of nitrogens with one attached hydrogen (secondary N) is 1. The average Bonchev–Trinajstić information content (AvgIpc) is 3.35. The summed E-state index contributed by atoms with van der Waals surface area (Å²) >= 11 is 0. The second-order valence-corrected chi connectivity index (χ2v) is 7.18. The average molecular weight is 407 g/mol. The first-order chi connectivity index (χ1) is 14.4. The maximum Gasteiger partial charge on any atom is 0.252 e. The number of aromatic nitrogens is 6. The second kappa shape index (κ2) is 8.02. The Bertz CT molecular complexity index is 1200. The predicted molar refractivity (Wildman–Crippen MR) is 108 cm³/mol. The Hall–Kier alpha value is -3.62. The van der Waals surface area contributed by atoms with E-state index >= 15 is 0 Å². The van der Waals surface area contributed by atoms with E-state index < -0.39 is 6.04 Å². The highest BCUT2D eigenvalue weighted by Gasteiger charge is 2.21. The molecule has 154 valence electrons. The highest BCUT2D eigenvalue weighted by molar-refractivity contribution is 5.77. The molecule has 0 radical (unpaired) electrons. The Kier molecular flexibility index (Phi) is 5.26. The molecule has 4 aromatic rings. The summed E-state index contributed by atoms with van der Waals surface area (Å²) < 4.78 is 16.9. The molecule has 0 spiro atoms. The van der Waals surface area contributed by atoms with E-state index in [0.29, 0.717) is 18.0 Å². The molecule has 3 aromatic heterocycles. The molecule has 8 nitrogen and oxygen atoms in total. The number of nitrogens with zero attached hydrogens (tertiary/aromatic N) is 6. The van der Waals surface area contributed by atoms with Gasteiger partial charge in [0.25, 0.3) is 5.78 Å². The van der Waals surface area contributed by atoms with Crippen LogP contribution in [-0.4, -0.2) is 35.0 Å². The lowest BCUT2D eigenvalue weighted by Crippen LogP contribution is -2.31. The Labute approximate surface area is 172 Å². The van der Waals surface area contributed by atoms with Crippen molar-refractivity contribution >= 4 is 11.7 Å². The smallest absolute Gasteiger partial charge is 0.252 e. The van der Waals surface area contributed by atoms with Gasteiger partial charge in [-0.25, -0.2) is 18.9 Å². The molecular formula is C21H22FN7O. The summed E-state index contributed by atoms with van der Waals surface area (Å²) in [5.74, 6) is 0.757. The van der Waals surface area contributed by atoms with Crippen molar-refractivity contribution < 1.29 is 9.18 Å². The van der Waals surface area contributed by atoms with Gasteiger partial charge in [0.05, 0.1) is 0 Å². The largest absolute Gasteiger partial charge is 0.342 e. The van der Waals surface area contributed by atoms with E-state index in [4.69, 9.17) is 0 Å². The highest BCUT2D eigenvalue weighted by atomic mass is 19.1. The molecule has 0 bridgehead atoms. The molecule has 0 fully saturated rings. The molecule has 0 saturated heterocycles. The third-order valence-corrected chi connectivity index (χ3v) is 5.22. The Morgan fingerprint density at radius 2 is 1.97 bits per heavy atom. The molecule has 30 heavy (non-hydrogen) atoms. The number of carbonyl (C=O) groups excluding carboxylic acids is 1. The fourth-order valence-electron chi connectivity index (χ4n) is 3.60. The summed E-state index contributed by atoms with van der Waals surface area (Å²) in [7, 11) is 1.86. The van der Waals surface area contributed by atoms with Crippen LogP contribution < -0.4 is 5.32 Å². The van der Waals surface area contributed by atoms with Gasteiger partial charge in [0.2, 0.25) is 5.91 Å². The molecule has 0 aliphatic heterocycles. The molecular weight excluding hydrogens is 385 g/mol. The van der Waals surface area contributed by atoms with Crippen molar-refractivity contribution in [3.8, 4) is 0 Å². The monoisotopic (exact) mass is 407 g/mol. The van der Waals surface area contributed by atoms with Crippen LogP contribution in [0.5, 0.6) is 0 Å². The van der Waals surface area contributed by atoms with Crippen LogP contribution in [0.25, 0.3) is 5.78 Å². The molecule has 4 rings (SSSR count). The quantitative estimate of drug-likeness (QED) is 0.530. The minimum atomic E-state index is -0.476. The Morgan fingerprint density at radius 3 is 2.67 bits per heavy atom. The number of benzene rings is 1. The third kappa shape index (κ3) is 3.78. The summed E-state index contributed by atoms with van der Waals surface area (Å²) in [5, 5.41) is 7.22. The number of rotatable bonds is 6. The van der Waals surface area contributed by atoms with Gasteiger partial charge in [-0.05, 0) is 43.5 Å². The fourth-order valence-corrected chi connectivity index (χ4v) is 3.60. The first kappa shape index (κ1) is 19.7. The molecule has 1 atom stereocenters. The summed E-state index contributed by atoms with van der Waals surface area (Å²) in [4.78, 5) is 25.8. The van der Waals surface area contributed by atoms with Gasteiger partial charge in [0.15, 0.2) is 0 Å². The molecule has 0 saturated carbocycles. The van der Waals surface area contributed by atoms with Crippen molar-refractivity contribution in [2.75, 3.05) is 0 Å². The van der Waals surface area contributed by atoms with E-state index in [9.17, 15) is 9.18 Å². The van der Waals surface area contributed by atoms with E-state index in [0.717, 1.165) is 22.5 Å². The summed E-state index contributed by atoms with van der Waals surface area (Å²) in [6.45, 7) is 3.85. The maximum atomic E-state index is 13.4. The number of aryl methyl sites for hydroxylation is 3. The van der Waals surface area contributed by atoms with Crippen LogP contribution in [0.1, 0.15) is 40.8 Å². The van der Waals surface area contributed by atoms with Crippen LogP contribution in [0.4, 0.5) is 4.39 Å². The molecule has 0 aliphatic rings. The first-order valence-electron chi connectivity index (χ1n) is 9.62. The Balaban J connectivity index is 1.54. The molecule has 3 heterocycles. The van der Waals surface area contributed by atoms with Gasteiger partial charge in [-0.2, -0.15) is 10.1 Å². The number of amides is 1. The fraction of sp³-hybridized carbons (Fsp3) is 0.286. The Morgan fingerprint density at radius 1 is 1.20 bits per heavy atom. The topological polar surface area (TPSA) is 90.0 Å². The zero-order valence-electron chi connectivity index (χ0n) is 17.0. The molecule has 0 aliphatic carbocycles. The number of imidazole rings is 1. The third-order valence-electron chi connectivity index (χ3n) is 5.22. The number of hydrogen-bond donors (Lipinski definition) is 1. The molecule has 1 aromatic carbocycles. The zero-order chi connectivity index (χ0) is 21.3. The van der Waals surface area contributed by atoms with E-state index in [1.165, 1.54) is 18.5 Å². The maximum absolute atomic E-state index is 13.4. The van der Waals surface area contributed by atoms with E-state index in [-0.39, 0.29) is 18.1 Å². The van der Waals surface area contributed by atoms with E-state index in [2.05, 4.69) is 25.4 Å². The normalized spacial score (nSPS) is 12.3. The molecule has 1 unspecified atom stereocenters. The SMILES string of the molecule is Cc1nc2ncnn2c(C)c1CCC(=O)NC(c1ccc(F)cc1)c1nccn1C. The number of hydrogen-bond acceptors (Lipinski definition) is 5. The van der Waals surface area contributed by atoms with Crippen LogP contribution in [-0.2, 0) is 18.3 Å². The van der Waals surface area contributed by atoms with Crippen molar-refractivity contribution in [1.29, 1.82) is 0 Å². The molecule has 1 N–H and O–H groups in total. The van der Waals surface area contributed by atoms with Gasteiger partial charge < -0.3 is 9.88 Å². The summed E-state index contributed by atoms with van der Waals surface area (Å²) in [6.07, 6.45) is 5.73. The van der Waals surface area contributed by atoms with Crippen LogP contribution >= 0.6 is 0 Å². The second-order valence-electron chi connectivity index (χ2n) is 7.18. The van der Waals surface area contributed by atoms with E-state index in [1.807, 2.05) is 31.7 Å². The predicted octanol–water partition coefficient (Wildman–Crippen LogP) is 2.45. The first-order valence-corrected chi connectivity index (χ1v) is 9.62.